The molecule has 0 aliphatic rings. The van der Waals surface area contributed by atoms with E-state index < -0.39 is 5.82 Å². The van der Waals surface area contributed by atoms with Crippen LogP contribution in [0.1, 0.15) is 11.4 Å². The molecule has 0 aliphatic heterocycles. The van der Waals surface area contributed by atoms with Gasteiger partial charge in [0.15, 0.2) is 5.16 Å². The van der Waals surface area contributed by atoms with Crippen LogP contribution in [0.4, 0.5) is 20.2 Å². The number of benzene rings is 2. The molecule has 0 fully saturated rings. The van der Waals surface area contributed by atoms with Gasteiger partial charge in [0.25, 0.3) is 0 Å². The van der Waals surface area contributed by atoms with Crippen molar-refractivity contribution in [2.45, 2.75) is 25.0 Å². The first-order valence-electron chi connectivity index (χ1n) is 9.63. The van der Waals surface area contributed by atoms with Crippen LogP contribution in [0.25, 0.3) is 0 Å². The van der Waals surface area contributed by atoms with E-state index in [0.29, 0.717) is 34.5 Å². The summed E-state index contributed by atoms with van der Waals surface area (Å²) in [5, 5.41) is 14.0. The number of anilines is 2. The molecule has 3 rings (SSSR count). The molecular formula is C22H21F2N5O2S. The maximum Gasteiger partial charge on any atom is 0.234 e. The molecule has 3 aromatic rings. The van der Waals surface area contributed by atoms with Crippen molar-refractivity contribution in [3.8, 4) is 0 Å². The molecule has 7 nitrogen and oxygen atoms in total. The molecule has 1 aromatic heterocycles. The quantitative estimate of drug-likeness (QED) is 0.375. The van der Waals surface area contributed by atoms with Crippen LogP contribution in [-0.4, -0.2) is 32.3 Å². The summed E-state index contributed by atoms with van der Waals surface area (Å²) in [6, 6.07) is 9.55. The van der Waals surface area contributed by atoms with Crippen molar-refractivity contribution in [3.63, 3.8) is 0 Å². The third kappa shape index (κ3) is 6.24. The number of carbonyl (C=O) groups excluding carboxylic acids is 2. The van der Waals surface area contributed by atoms with Gasteiger partial charge in [0.1, 0.15) is 17.5 Å². The van der Waals surface area contributed by atoms with E-state index in [1.807, 2.05) is 0 Å². The molecule has 1 heterocycles. The van der Waals surface area contributed by atoms with E-state index in [2.05, 4.69) is 27.4 Å². The fourth-order valence-electron chi connectivity index (χ4n) is 2.83. The molecule has 0 spiro atoms. The summed E-state index contributed by atoms with van der Waals surface area (Å²) < 4.78 is 27.9. The molecular weight excluding hydrogens is 436 g/mol. The van der Waals surface area contributed by atoms with Gasteiger partial charge in [-0.1, -0.05) is 17.8 Å². The van der Waals surface area contributed by atoms with Crippen LogP contribution in [0.3, 0.4) is 0 Å². The Kier molecular flexibility index (Phi) is 7.72. The SMILES string of the molecule is C=CCn1c(CC(=O)Nc2ccc(F)cc2)nnc1SCC(=O)Nc1ccc(F)cc1C. The number of rotatable bonds is 9. The Hall–Kier alpha value is -3.53. The van der Waals surface area contributed by atoms with Crippen LogP contribution < -0.4 is 10.6 Å². The van der Waals surface area contributed by atoms with Gasteiger partial charge < -0.3 is 15.2 Å². The second-order valence-electron chi connectivity index (χ2n) is 6.83. The number of aromatic nitrogens is 3. The lowest BCUT2D eigenvalue weighted by molar-refractivity contribution is -0.116. The minimum Gasteiger partial charge on any atom is -0.326 e. The lowest BCUT2D eigenvalue weighted by atomic mass is 10.2. The molecule has 0 unspecified atom stereocenters. The van der Waals surface area contributed by atoms with Crippen LogP contribution in [0.15, 0.2) is 60.3 Å². The van der Waals surface area contributed by atoms with E-state index >= 15 is 0 Å². The van der Waals surface area contributed by atoms with Gasteiger partial charge in [0.2, 0.25) is 11.8 Å². The third-order valence-electron chi connectivity index (χ3n) is 4.35. The van der Waals surface area contributed by atoms with Crippen molar-refractivity contribution >= 4 is 35.0 Å². The second kappa shape index (κ2) is 10.7. The van der Waals surface area contributed by atoms with Gasteiger partial charge in [-0.3, -0.25) is 9.59 Å². The highest BCUT2D eigenvalue weighted by Crippen LogP contribution is 2.20. The fourth-order valence-corrected chi connectivity index (χ4v) is 3.60. The topological polar surface area (TPSA) is 88.9 Å². The van der Waals surface area contributed by atoms with Crippen molar-refractivity contribution in [2.75, 3.05) is 16.4 Å². The van der Waals surface area contributed by atoms with E-state index in [4.69, 9.17) is 0 Å². The monoisotopic (exact) mass is 457 g/mol. The smallest absolute Gasteiger partial charge is 0.234 e. The normalized spacial score (nSPS) is 10.6. The molecule has 32 heavy (non-hydrogen) atoms. The highest BCUT2D eigenvalue weighted by Gasteiger charge is 2.17. The summed E-state index contributed by atoms with van der Waals surface area (Å²) >= 11 is 1.16. The van der Waals surface area contributed by atoms with Gasteiger partial charge >= 0.3 is 0 Å². The molecule has 0 saturated carbocycles. The van der Waals surface area contributed by atoms with E-state index in [1.54, 1.807) is 17.6 Å². The Bertz CT molecular complexity index is 1130. The molecule has 10 heteroatoms. The summed E-state index contributed by atoms with van der Waals surface area (Å²) in [6.07, 6.45) is 1.58. The van der Waals surface area contributed by atoms with E-state index in [0.717, 1.165) is 11.8 Å². The molecule has 2 amide bonds. The van der Waals surface area contributed by atoms with Crippen molar-refractivity contribution in [3.05, 3.63) is 78.1 Å². The van der Waals surface area contributed by atoms with Crippen LogP contribution in [0.2, 0.25) is 0 Å². The highest BCUT2D eigenvalue weighted by atomic mass is 32.2. The van der Waals surface area contributed by atoms with Crippen LogP contribution >= 0.6 is 11.8 Å². The predicted molar refractivity (Wildman–Crippen MR) is 119 cm³/mol. The standard InChI is InChI=1S/C22H21F2N5O2S/c1-3-10-29-19(12-20(30)25-17-7-4-15(23)5-8-17)27-28-22(29)32-13-21(31)26-18-9-6-16(24)11-14(18)2/h3-9,11H,1,10,12-13H2,2H3,(H,25,30)(H,26,31). The number of thioether (sulfide) groups is 1. The van der Waals surface area contributed by atoms with Gasteiger partial charge in [-0.05, 0) is 55.0 Å². The minimum atomic E-state index is -0.394. The first kappa shape index (κ1) is 23.1. The zero-order valence-corrected chi connectivity index (χ0v) is 18.1. The predicted octanol–water partition coefficient (Wildman–Crippen LogP) is 3.96. The third-order valence-corrected chi connectivity index (χ3v) is 5.31. The molecule has 166 valence electrons. The van der Waals surface area contributed by atoms with Crippen LogP contribution in [0.5, 0.6) is 0 Å². The average molecular weight is 458 g/mol. The first-order valence-corrected chi connectivity index (χ1v) is 10.6. The zero-order chi connectivity index (χ0) is 23.1. The average Bonchev–Trinajstić information content (AvgIpc) is 3.12. The Labute approximate surface area is 187 Å². The highest BCUT2D eigenvalue weighted by molar-refractivity contribution is 7.99. The van der Waals surface area contributed by atoms with Crippen molar-refractivity contribution in [1.82, 2.24) is 14.8 Å². The molecule has 0 radical (unpaired) electrons. The lowest BCUT2D eigenvalue weighted by Crippen LogP contribution is -2.18. The van der Waals surface area contributed by atoms with Gasteiger partial charge in [0.05, 0.1) is 12.2 Å². The maximum atomic E-state index is 13.2. The number of halogens is 2. The van der Waals surface area contributed by atoms with Gasteiger partial charge in [-0.2, -0.15) is 0 Å². The number of hydrogen-bond acceptors (Lipinski definition) is 5. The zero-order valence-electron chi connectivity index (χ0n) is 17.3. The van der Waals surface area contributed by atoms with E-state index in [1.165, 1.54) is 42.5 Å². The number of aryl methyl sites for hydroxylation is 1. The number of hydrogen-bond donors (Lipinski definition) is 2. The van der Waals surface area contributed by atoms with Crippen LogP contribution in [-0.2, 0) is 22.6 Å². The first-order chi connectivity index (χ1) is 15.4. The molecule has 0 atom stereocenters. The Morgan fingerprint density at radius 1 is 1.06 bits per heavy atom. The fraction of sp³-hybridized carbons (Fsp3) is 0.182. The Morgan fingerprint density at radius 3 is 2.47 bits per heavy atom. The summed E-state index contributed by atoms with van der Waals surface area (Å²) in [5.41, 5.74) is 1.61. The molecule has 2 aromatic carbocycles. The number of allylic oxidation sites excluding steroid dienone is 1. The van der Waals surface area contributed by atoms with Crippen molar-refractivity contribution in [2.24, 2.45) is 0 Å². The summed E-state index contributed by atoms with van der Waals surface area (Å²) in [4.78, 5) is 24.7. The minimum absolute atomic E-state index is 0.0495. The molecule has 0 bridgehead atoms. The number of carbonyl (C=O) groups is 2. The summed E-state index contributed by atoms with van der Waals surface area (Å²) in [6.45, 7) is 5.77. The van der Waals surface area contributed by atoms with Gasteiger partial charge in [-0.25, -0.2) is 8.78 Å². The number of amides is 2. The van der Waals surface area contributed by atoms with Crippen molar-refractivity contribution < 1.29 is 18.4 Å². The largest absolute Gasteiger partial charge is 0.326 e. The Morgan fingerprint density at radius 2 is 1.78 bits per heavy atom. The summed E-state index contributed by atoms with van der Waals surface area (Å²) in [5.74, 6) is -0.934. The van der Waals surface area contributed by atoms with Gasteiger partial charge in [-0.15, -0.1) is 16.8 Å². The lowest BCUT2D eigenvalue weighted by Gasteiger charge is -2.10. The second-order valence-corrected chi connectivity index (χ2v) is 7.77. The maximum absolute atomic E-state index is 13.2. The molecule has 2 N–H and O–H groups in total. The number of nitrogens with zero attached hydrogens (tertiary/aromatic N) is 3. The Balaban J connectivity index is 1.62. The summed E-state index contributed by atoms with van der Waals surface area (Å²) in [7, 11) is 0. The molecule has 0 aliphatic carbocycles. The van der Waals surface area contributed by atoms with E-state index in [-0.39, 0.29) is 29.8 Å². The van der Waals surface area contributed by atoms with Gasteiger partial charge in [0, 0.05) is 17.9 Å². The van der Waals surface area contributed by atoms with Crippen molar-refractivity contribution in [1.29, 1.82) is 0 Å². The van der Waals surface area contributed by atoms with Crippen LogP contribution in [0, 0.1) is 18.6 Å². The number of nitrogens with one attached hydrogen (secondary N) is 2. The molecule has 0 saturated heterocycles. The van der Waals surface area contributed by atoms with E-state index in [9.17, 15) is 18.4 Å².